The maximum atomic E-state index is 12.0. The molecule has 0 saturated carbocycles. The van der Waals surface area contributed by atoms with Gasteiger partial charge in [-0.3, -0.25) is 0 Å². The number of piperidine rings is 1. The van der Waals surface area contributed by atoms with Crippen molar-refractivity contribution < 1.29 is 19.1 Å². The third-order valence-electron chi connectivity index (χ3n) is 4.42. The summed E-state index contributed by atoms with van der Waals surface area (Å²) in [6.45, 7) is 2.03. The first-order chi connectivity index (χ1) is 12.5. The van der Waals surface area contributed by atoms with E-state index in [1.54, 1.807) is 7.05 Å². The van der Waals surface area contributed by atoms with Crippen molar-refractivity contribution in [2.75, 3.05) is 40.4 Å². The van der Waals surface area contributed by atoms with E-state index >= 15 is 0 Å². The third kappa shape index (κ3) is 5.78. The Balaban J connectivity index is 2.07. The summed E-state index contributed by atoms with van der Waals surface area (Å²) in [6, 6.07) is 7.49. The second-order valence-corrected chi connectivity index (χ2v) is 6.60. The highest BCUT2D eigenvalue weighted by Gasteiger charge is 2.31. The van der Waals surface area contributed by atoms with Crippen LogP contribution in [0.4, 0.5) is 9.59 Å². The number of nitrogens with one attached hydrogen (secondary N) is 2. The fraction of sp³-hybridized carbons (Fsp3) is 0.556. The van der Waals surface area contributed by atoms with Gasteiger partial charge in [-0.25, -0.2) is 9.59 Å². The highest BCUT2D eigenvalue weighted by atomic mass is 35.5. The van der Waals surface area contributed by atoms with Gasteiger partial charge in [0.05, 0.1) is 19.8 Å². The smallest absolute Gasteiger partial charge is 0.406 e. The van der Waals surface area contributed by atoms with Crippen LogP contribution in [0.15, 0.2) is 24.3 Å². The van der Waals surface area contributed by atoms with E-state index in [0.29, 0.717) is 24.7 Å². The number of nitrogens with zero attached hydrogens (tertiary/aromatic N) is 1. The molecule has 0 unspecified atom stereocenters. The third-order valence-corrected chi connectivity index (χ3v) is 4.65. The predicted octanol–water partition coefficient (Wildman–Crippen LogP) is 2.81. The van der Waals surface area contributed by atoms with Crippen LogP contribution in [-0.4, -0.2) is 57.4 Å². The molecular formula is C18H26ClN3O4. The number of halogens is 1. The van der Waals surface area contributed by atoms with E-state index in [-0.39, 0.29) is 18.1 Å². The standard InChI is InChI=1S/C18H26ClN3O4/c1-20-17(23)22-9-4-6-14(12-22)16(13-5-3-7-15(19)11-13)26-10-8-21-18(24)25-2/h3,5,7,11,14,16H,4,6,8-10,12H2,1-2H3,(H,20,23)(H,21,24)/t14-,16+/m1/s1. The zero-order valence-electron chi connectivity index (χ0n) is 15.2. The Morgan fingerprint density at radius 1 is 1.42 bits per heavy atom. The Hall–Kier alpha value is -1.99. The number of benzene rings is 1. The largest absolute Gasteiger partial charge is 0.453 e. The lowest BCUT2D eigenvalue weighted by Crippen LogP contribution is -2.46. The topological polar surface area (TPSA) is 79.9 Å². The van der Waals surface area contributed by atoms with Gasteiger partial charge in [-0.2, -0.15) is 0 Å². The van der Waals surface area contributed by atoms with Crippen molar-refractivity contribution >= 4 is 23.7 Å². The van der Waals surface area contributed by atoms with Gasteiger partial charge in [-0.05, 0) is 30.5 Å². The molecule has 7 nitrogen and oxygen atoms in total. The van der Waals surface area contributed by atoms with Crippen LogP contribution in [0, 0.1) is 5.92 Å². The predicted molar refractivity (Wildman–Crippen MR) is 99.3 cm³/mol. The quantitative estimate of drug-likeness (QED) is 0.740. The first-order valence-corrected chi connectivity index (χ1v) is 9.08. The maximum Gasteiger partial charge on any atom is 0.406 e. The number of hydrogen-bond acceptors (Lipinski definition) is 4. The molecule has 3 amide bonds. The Morgan fingerprint density at radius 3 is 2.92 bits per heavy atom. The van der Waals surface area contributed by atoms with E-state index in [2.05, 4.69) is 15.4 Å². The molecule has 26 heavy (non-hydrogen) atoms. The van der Waals surface area contributed by atoms with Gasteiger partial charge >= 0.3 is 12.1 Å². The maximum absolute atomic E-state index is 12.0. The highest BCUT2D eigenvalue weighted by molar-refractivity contribution is 6.30. The molecule has 0 bridgehead atoms. The van der Waals surface area contributed by atoms with E-state index in [1.165, 1.54) is 7.11 Å². The van der Waals surface area contributed by atoms with Crippen LogP contribution in [0.2, 0.25) is 5.02 Å². The van der Waals surface area contributed by atoms with Crippen molar-refractivity contribution in [3.63, 3.8) is 0 Å². The Labute approximate surface area is 159 Å². The molecule has 0 radical (unpaired) electrons. The average molecular weight is 384 g/mol. The monoisotopic (exact) mass is 383 g/mol. The molecule has 144 valence electrons. The summed E-state index contributed by atoms with van der Waals surface area (Å²) in [6.07, 6.45) is 1.17. The van der Waals surface area contributed by atoms with Crippen LogP contribution < -0.4 is 10.6 Å². The Kier molecular flexibility index (Phi) is 8.00. The minimum atomic E-state index is -0.489. The summed E-state index contributed by atoms with van der Waals surface area (Å²) in [5.41, 5.74) is 0.972. The average Bonchev–Trinajstić information content (AvgIpc) is 2.67. The number of urea groups is 1. The molecule has 0 aliphatic carbocycles. The zero-order valence-corrected chi connectivity index (χ0v) is 15.9. The normalized spacial score (nSPS) is 18.1. The van der Waals surface area contributed by atoms with Crippen LogP contribution >= 0.6 is 11.6 Å². The fourth-order valence-electron chi connectivity index (χ4n) is 3.20. The van der Waals surface area contributed by atoms with Crippen LogP contribution in [0.3, 0.4) is 0 Å². The van der Waals surface area contributed by atoms with E-state index in [4.69, 9.17) is 16.3 Å². The first kappa shape index (κ1) is 20.3. The van der Waals surface area contributed by atoms with E-state index in [1.807, 2.05) is 29.2 Å². The van der Waals surface area contributed by atoms with E-state index in [9.17, 15) is 9.59 Å². The summed E-state index contributed by atoms with van der Waals surface area (Å²) in [5.74, 6) is 0.151. The summed E-state index contributed by atoms with van der Waals surface area (Å²) in [4.78, 5) is 25.0. The van der Waals surface area contributed by atoms with Crippen molar-refractivity contribution in [2.24, 2.45) is 5.92 Å². The molecule has 8 heteroatoms. The van der Waals surface area contributed by atoms with Gasteiger partial charge in [0.2, 0.25) is 0 Å². The number of alkyl carbamates (subject to hydrolysis) is 1. The van der Waals surface area contributed by atoms with Crippen LogP contribution in [0.25, 0.3) is 0 Å². The molecule has 1 fully saturated rings. The number of ether oxygens (including phenoxy) is 2. The lowest BCUT2D eigenvalue weighted by molar-refractivity contribution is -0.00837. The van der Waals surface area contributed by atoms with Crippen molar-refractivity contribution in [1.29, 1.82) is 0 Å². The molecule has 2 rings (SSSR count). The molecule has 0 spiro atoms. The molecule has 0 aromatic heterocycles. The van der Waals surface area contributed by atoms with Crippen LogP contribution in [0.5, 0.6) is 0 Å². The van der Waals surface area contributed by atoms with Crippen molar-refractivity contribution in [3.05, 3.63) is 34.9 Å². The van der Waals surface area contributed by atoms with Gasteiger partial charge < -0.3 is 25.0 Å². The van der Waals surface area contributed by atoms with Crippen molar-refractivity contribution in [3.8, 4) is 0 Å². The van der Waals surface area contributed by atoms with E-state index in [0.717, 1.165) is 24.9 Å². The van der Waals surface area contributed by atoms with Gasteiger partial charge in [-0.1, -0.05) is 23.7 Å². The highest BCUT2D eigenvalue weighted by Crippen LogP contribution is 2.33. The number of likely N-dealkylation sites (tertiary alicyclic amines) is 1. The van der Waals surface area contributed by atoms with Crippen LogP contribution in [0.1, 0.15) is 24.5 Å². The van der Waals surface area contributed by atoms with Crippen molar-refractivity contribution in [2.45, 2.75) is 18.9 Å². The van der Waals surface area contributed by atoms with E-state index < -0.39 is 6.09 Å². The summed E-state index contributed by atoms with van der Waals surface area (Å²) in [7, 11) is 2.95. The first-order valence-electron chi connectivity index (χ1n) is 8.70. The number of amides is 3. The van der Waals surface area contributed by atoms with Gasteiger partial charge in [0.1, 0.15) is 0 Å². The second kappa shape index (κ2) is 10.2. The number of carbonyl (C=O) groups excluding carboxylic acids is 2. The number of methoxy groups -OCH3 is 1. The van der Waals surface area contributed by atoms with Gasteiger partial charge in [0.15, 0.2) is 0 Å². The molecule has 2 N–H and O–H groups in total. The molecule has 1 aliphatic rings. The van der Waals surface area contributed by atoms with Gasteiger partial charge in [0.25, 0.3) is 0 Å². The molecule has 2 atom stereocenters. The Bertz CT molecular complexity index is 614. The SMILES string of the molecule is CNC(=O)N1CCC[C@@H]([C@@H](OCCNC(=O)OC)c2cccc(Cl)c2)C1. The number of hydrogen-bond donors (Lipinski definition) is 2. The molecular weight excluding hydrogens is 358 g/mol. The summed E-state index contributed by atoms with van der Waals surface area (Å²) >= 11 is 6.15. The fourth-order valence-corrected chi connectivity index (χ4v) is 3.40. The molecule has 1 saturated heterocycles. The van der Waals surface area contributed by atoms with Gasteiger partial charge in [-0.15, -0.1) is 0 Å². The minimum Gasteiger partial charge on any atom is -0.453 e. The van der Waals surface area contributed by atoms with Crippen molar-refractivity contribution in [1.82, 2.24) is 15.5 Å². The number of carbonyl (C=O) groups is 2. The minimum absolute atomic E-state index is 0.0769. The Morgan fingerprint density at radius 2 is 2.23 bits per heavy atom. The lowest BCUT2D eigenvalue weighted by atomic mass is 9.88. The molecule has 1 aliphatic heterocycles. The lowest BCUT2D eigenvalue weighted by Gasteiger charge is -2.37. The molecule has 1 aromatic carbocycles. The summed E-state index contributed by atoms with van der Waals surface area (Å²) < 4.78 is 10.6. The second-order valence-electron chi connectivity index (χ2n) is 6.17. The molecule has 1 heterocycles. The van der Waals surface area contributed by atoms with Gasteiger partial charge in [0, 0.05) is 37.6 Å². The summed E-state index contributed by atoms with van der Waals surface area (Å²) in [5, 5.41) is 5.92. The zero-order chi connectivity index (χ0) is 18.9. The molecule has 1 aromatic rings. The number of rotatable bonds is 6. The van der Waals surface area contributed by atoms with Crippen LogP contribution in [-0.2, 0) is 9.47 Å².